The Kier molecular flexibility index (Phi) is 4.26. The van der Waals surface area contributed by atoms with Gasteiger partial charge in [0.25, 0.3) is 5.91 Å². The molecule has 1 aromatic rings. The van der Waals surface area contributed by atoms with Crippen molar-refractivity contribution in [2.45, 2.75) is 31.7 Å². The summed E-state index contributed by atoms with van der Waals surface area (Å²) in [5.74, 6) is -5.09. The van der Waals surface area contributed by atoms with Gasteiger partial charge >= 0.3 is 6.03 Å². The van der Waals surface area contributed by atoms with Crippen molar-refractivity contribution >= 4 is 11.9 Å². The van der Waals surface area contributed by atoms with Crippen LogP contribution in [0, 0.1) is 17.5 Å². The van der Waals surface area contributed by atoms with E-state index >= 15 is 0 Å². The molecule has 0 heterocycles. The zero-order chi connectivity index (χ0) is 14.7. The highest BCUT2D eigenvalue weighted by atomic mass is 19.2. The van der Waals surface area contributed by atoms with E-state index in [1.807, 2.05) is 5.32 Å². The third-order valence-corrected chi connectivity index (χ3v) is 3.17. The molecular weight excluding hydrogens is 273 g/mol. The molecule has 4 nitrogen and oxygen atoms in total. The molecule has 0 aromatic heterocycles. The molecule has 1 aromatic carbocycles. The third-order valence-electron chi connectivity index (χ3n) is 3.17. The maximum absolute atomic E-state index is 13.3. The third kappa shape index (κ3) is 3.28. The average Bonchev–Trinajstić information content (AvgIpc) is 2.86. The molecule has 0 spiro atoms. The molecule has 0 atom stereocenters. The summed E-state index contributed by atoms with van der Waals surface area (Å²) in [5.41, 5.74) is -0.717. The number of hydrogen-bond donors (Lipinski definition) is 2. The summed E-state index contributed by atoms with van der Waals surface area (Å²) in [7, 11) is 0. The van der Waals surface area contributed by atoms with E-state index in [4.69, 9.17) is 0 Å². The molecule has 108 valence electrons. The number of imide groups is 1. The second-order valence-corrected chi connectivity index (χ2v) is 4.66. The van der Waals surface area contributed by atoms with Crippen molar-refractivity contribution in [1.82, 2.24) is 10.6 Å². The van der Waals surface area contributed by atoms with Gasteiger partial charge in [0.2, 0.25) is 0 Å². The van der Waals surface area contributed by atoms with E-state index in [0.29, 0.717) is 6.07 Å². The molecule has 0 radical (unpaired) electrons. The fourth-order valence-corrected chi connectivity index (χ4v) is 2.16. The maximum atomic E-state index is 13.3. The monoisotopic (exact) mass is 286 g/mol. The van der Waals surface area contributed by atoms with E-state index in [0.717, 1.165) is 25.7 Å². The number of halogens is 3. The molecule has 2 N–H and O–H groups in total. The lowest BCUT2D eigenvalue weighted by molar-refractivity contribution is 0.0958. The number of amides is 3. The van der Waals surface area contributed by atoms with Crippen LogP contribution < -0.4 is 10.6 Å². The van der Waals surface area contributed by atoms with Crippen LogP contribution in [0.15, 0.2) is 12.1 Å². The van der Waals surface area contributed by atoms with E-state index in [2.05, 4.69) is 5.32 Å². The Morgan fingerprint density at radius 1 is 1.00 bits per heavy atom. The van der Waals surface area contributed by atoms with Crippen LogP contribution in [-0.4, -0.2) is 18.0 Å². The Bertz CT molecular complexity index is 543. The van der Waals surface area contributed by atoms with Crippen LogP contribution in [-0.2, 0) is 0 Å². The summed E-state index contributed by atoms with van der Waals surface area (Å²) in [6.07, 6.45) is 3.63. The summed E-state index contributed by atoms with van der Waals surface area (Å²) in [6, 6.07) is -0.106. The normalized spacial score (nSPS) is 15.2. The van der Waals surface area contributed by atoms with E-state index in [1.54, 1.807) is 0 Å². The number of rotatable bonds is 2. The molecule has 7 heteroatoms. The van der Waals surface area contributed by atoms with Crippen molar-refractivity contribution in [3.63, 3.8) is 0 Å². The predicted octanol–water partition coefficient (Wildman–Crippen LogP) is 2.49. The highest BCUT2D eigenvalue weighted by Gasteiger charge is 2.21. The van der Waals surface area contributed by atoms with E-state index < -0.39 is 35.0 Å². The van der Waals surface area contributed by atoms with Gasteiger partial charge in [0.15, 0.2) is 11.6 Å². The van der Waals surface area contributed by atoms with Crippen LogP contribution in [0.5, 0.6) is 0 Å². The van der Waals surface area contributed by atoms with Crippen molar-refractivity contribution < 1.29 is 22.8 Å². The quantitative estimate of drug-likeness (QED) is 0.821. The minimum Gasteiger partial charge on any atom is -0.335 e. The van der Waals surface area contributed by atoms with Gasteiger partial charge < -0.3 is 5.32 Å². The van der Waals surface area contributed by atoms with Crippen molar-refractivity contribution in [2.24, 2.45) is 0 Å². The lowest BCUT2D eigenvalue weighted by Crippen LogP contribution is -2.43. The number of nitrogens with one attached hydrogen (secondary N) is 2. The minimum absolute atomic E-state index is 0.0161. The molecule has 1 fully saturated rings. The van der Waals surface area contributed by atoms with Gasteiger partial charge in [-0.15, -0.1) is 0 Å². The van der Waals surface area contributed by atoms with E-state index in [1.165, 1.54) is 0 Å². The Morgan fingerprint density at radius 2 is 1.60 bits per heavy atom. The standard InChI is InChI=1S/C13H13F3N2O2/c14-9-6-11(16)10(15)5-8(9)12(19)18-13(20)17-7-3-1-2-4-7/h5-7H,1-4H2,(H2,17,18,19,20). The zero-order valence-corrected chi connectivity index (χ0v) is 10.5. The van der Waals surface area contributed by atoms with E-state index in [9.17, 15) is 22.8 Å². The van der Waals surface area contributed by atoms with Gasteiger partial charge in [0.05, 0.1) is 5.56 Å². The summed E-state index contributed by atoms with van der Waals surface area (Å²) >= 11 is 0. The van der Waals surface area contributed by atoms with Crippen molar-refractivity contribution in [3.8, 4) is 0 Å². The van der Waals surface area contributed by atoms with Crippen LogP contribution in [0.25, 0.3) is 0 Å². The molecule has 1 saturated carbocycles. The second-order valence-electron chi connectivity index (χ2n) is 4.66. The summed E-state index contributed by atoms with van der Waals surface area (Å²) in [5, 5.41) is 4.46. The van der Waals surface area contributed by atoms with Gasteiger partial charge in [0, 0.05) is 12.1 Å². The van der Waals surface area contributed by atoms with Gasteiger partial charge in [-0.05, 0) is 18.9 Å². The molecule has 1 aliphatic carbocycles. The predicted molar refractivity (Wildman–Crippen MR) is 64.6 cm³/mol. The average molecular weight is 286 g/mol. The highest BCUT2D eigenvalue weighted by Crippen LogP contribution is 2.17. The number of benzene rings is 1. The maximum Gasteiger partial charge on any atom is 0.321 e. The smallest absolute Gasteiger partial charge is 0.321 e. The molecule has 20 heavy (non-hydrogen) atoms. The number of hydrogen-bond acceptors (Lipinski definition) is 2. The van der Waals surface area contributed by atoms with Gasteiger partial charge in [-0.1, -0.05) is 12.8 Å². The summed E-state index contributed by atoms with van der Waals surface area (Å²) < 4.78 is 39.0. The van der Waals surface area contributed by atoms with Crippen LogP contribution >= 0.6 is 0 Å². The minimum atomic E-state index is -1.39. The Morgan fingerprint density at radius 3 is 2.25 bits per heavy atom. The van der Waals surface area contributed by atoms with Crippen LogP contribution in [0.2, 0.25) is 0 Å². The first-order chi connectivity index (χ1) is 9.47. The van der Waals surface area contributed by atoms with Gasteiger partial charge in [-0.3, -0.25) is 10.1 Å². The Hall–Kier alpha value is -2.05. The molecule has 0 unspecified atom stereocenters. The number of urea groups is 1. The summed E-state index contributed by atoms with van der Waals surface area (Å²) in [6.45, 7) is 0. The zero-order valence-electron chi connectivity index (χ0n) is 10.5. The SMILES string of the molecule is O=C(NC(=O)c1cc(F)c(F)cc1F)NC1CCCC1. The molecule has 0 bridgehead atoms. The fraction of sp³-hybridized carbons (Fsp3) is 0.385. The molecule has 2 rings (SSSR count). The Balaban J connectivity index is 2.00. The lowest BCUT2D eigenvalue weighted by Gasteiger charge is -2.12. The molecule has 0 aliphatic heterocycles. The van der Waals surface area contributed by atoms with Crippen LogP contribution in [0.1, 0.15) is 36.0 Å². The van der Waals surface area contributed by atoms with E-state index in [-0.39, 0.29) is 12.1 Å². The Labute approximate surface area is 113 Å². The first kappa shape index (κ1) is 14.4. The fourth-order valence-electron chi connectivity index (χ4n) is 2.16. The van der Waals surface area contributed by atoms with Crippen molar-refractivity contribution in [1.29, 1.82) is 0 Å². The van der Waals surface area contributed by atoms with Crippen molar-refractivity contribution in [2.75, 3.05) is 0 Å². The lowest BCUT2D eigenvalue weighted by atomic mass is 10.2. The van der Waals surface area contributed by atoms with Gasteiger partial charge in [-0.2, -0.15) is 0 Å². The molecule has 1 aliphatic rings. The van der Waals surface area contributed by atoms with Crippen LogP contribution in [0.3, 0.4) is 0 Å². The highest BCUT2D eigenvalue weighted by molar-refractivity contribution is 6.04. The van der Waals surface area contributed by atoms with Crippen molar-refractivity contribution in [3.05, 3.63) is 35.1 Å². The number of carbonyl (C=O) groups is 2. The molecular formula is C13H13F3N2O2. The first-order valence-corrected chi connectivity index (χ1v) is 6.24. The first-order valence-electron chi connectivity index (χ1n) is 6.24. The molecule has 0 saturated heterocycles. The van der Waals surface area contributed by atoms with Gasteiger partial charge in [0.1, 0.15) is 5.82 Å². The summed E-state index contributed by atoms with van der Waals surface area (Å²) in [4.78, 5) is 23.1. The topological polar surface area (TPSA) is 58.2 Å². The molecule has 3 amide bonds. The second kappa shape index (κ2) is 5.94. The number of carbonyl (C=O) groups excluding carboxylic acids is 2. The van der Waals surface area contributed by atoms with Gasteiger partial charge in [-0.25, -0.2) is 18.0 Å². The van der Waals surface area contributed by atoms with Crippen LogP contribution in [0.4, 0.5) is 18.0 Å². The largest absolute Gasteiger partial charge is 0.335 e.